The standard InChI is InChI=1S/C13H17FO5S/c1-9(13(15)19-3)7-20(16,17)8-10-6-11(18-2)4-5-12(10)14/h4-6,9H,7-8H2,1-3H3. The molecule has 0 N–H and O–H groups in total. The number of carbonyl (C=O) groups excluding carboxylic acids is 1. The molecule has 1 unspecified atom stereocenters. The predicted octanol–water partition coefficient (Wildman–Crippen LogP) is 1.56. The molecule has 0 aliphatic carbocycles. The lowest BCUT2D eigenvalue weighted by Crippen LogP contribution is -2.23. The molecule has 20 heavy (non-hydrogen) atoms. The van der Waals surface area contributed by atoms with Crippen LogP contribution in [0.15, 0.2) is 18.2 Å². The van der Waals surface area contributed by atoms with Gasteiger partial charge < -0.3 is 9.47 Å². The van der Waals surface area contributed by atoms with E-state index in [0.717, 1.165) is 6.07 Å². The summed E-state index contributed by atoms with van der Waals surface area (Å²) in [6, 6.07) is 3.88. The van der Waals surface area contributed by atoms with E-state index in [9.17, 15) is 17.6 Å². The minimum Gasteiger partial charge on any atom is -0.497 e. The number of hydrogen-bond acceptors (Lipinski definition) is 5. The molecule has 5 nitrogen and oxygen atoms in total. The van der Waals surface area contributed by atoms with Crippen molar-refractivity contribution >= 4 is 15.8 Å². The van der Waals surface area contributed by atoms with Crippen molar-refractivity contribution < 1.29 is 27.1 Å². The van der Waals surface area contributed by atoms with Crippen molar-refractivity contribution in [1.29, 1.82) is 0 Å². The van der Waals surface area contributed by atoms with Crippen LogP contribution in [0.1, 0.15) is 12.5 Å². The summed E-state index contributed by atoms with van der Waals surface area (Å²) >= 11 is 0. The molecule has 0 aromatic heterocycles. The molecule has 0 radical (unpaired) electrons. The van der Waals surface area contributed by atoms with Gasteiger partial charge in [0.25, 0.3) is 0 Å². The number of esters is 1. The Morgan fingerprint density at radius 1 is 1.35 bits per heavy atom. The largest absolute Gasteiger partial charge is 0.497 e. The maximum absolute atomic E-state index is 13.6. The van der Waals surface area contributed by atoms with E-state index in [1.54, 1.807) is 0 Å². The Kier molecular flexibility index (Phi) is 5.50. The van der Waals surface area contributed by atoms with Crippen LogP contribution in [0.5, 0.6) is 5.75 Å². The Morgan fingerprint density at radius 3 is 2.55 bits per heavy atom. The van der Waals surface area contributed by atoms with E-state index in [-0.39, 0.29) is 5.56 Å². The maximum Gasteiger partial charge on any atom is 0.309 e. The maximum atomic E-state index is 13.6. The van der Waals surface area contributed by atoms with Crippen molar-refractivity contribution in [2.75, 3.05) is 20.0 Å². The van der Waals surface area contributed by atoms with Gasteiger partial charge in [-0.2, -0.15) is 0 Å². The van der Waals surface area contributed by atoms with Crippen molar-refractivity contribution in [3.8, 4) is 5.75 Å². The molecule has 112 valence electrons. The number of sulfone groups is 1. The highest BCUT2D eigenvalue weighted by Crippen LogP contribution is 2.20. The molecule has 0 aliphatic rings. The highest BCUT2D eigenvalue weighted by molar-refractivity contribution is 7.90. The van der Waals surface area contributed by atoms with Gasteiger partial charge >= 0.3 is 5.97 Å². The second-order valence-electron chi connectivity index (χ2n) is 4.44. The lowest BCUT2D eigenvalue weighted by molar-refractivity contribution is -0.144. The fourth-order valence-corrected chi connectivity index (χ4v) is 3.45. The summed E-state index contributed by atoms with van der Waals surface area (Å²) in [5.74, 6) is -2.54. The number of benzene rings is 1. The van der Waals surface area contributed by atoms with Crippen LogP contribution < -0.4 is 4.74 Å². The number of carbonyl (C=O) groups is 1. The summed E-state index contributed by atoms with van der Waals surface area (Å²) in [5.41, 5.74) is 0.0152. The van der Waals surface area contributed by atoms with Crippen molar-refractivity contribution in [2.24, 2.45) is 5.92 Å². The first-order chi connectivity index (χ1) is 9.29. The van der Waals surface area contributed by atoms with Crippen LogP contribution in [0.4, 0.5) is 4.39 Å². The first kappa shape index (κ1) is 16.4. The normalized spacial score (nSPS) is 12.8. The van der Waals surface area contributed by atoms with Crippen molar-refractivity contribution in [2.45, 2.75) is 12.7 Å². The molecule has 1 atom stereocenters. The van der Waals surface area contributed by atoms with Crippen LogP contribution in [0, 0.1) is 11.7 Å². The quantitative estimate of drug-likeness (QED) is 0.746. The zero-order chi connectivity index (χ0) is 15.3. The molecule has 0 saturated carbocycles. The van der Waals surface area contributed by atoms with Crippen LogP contribution >= 0.6 is 0 Å². The highest BCUT2D eigenvalue weighted by atomic mass is 32.2. The second kappa shape index (κ2) is 6.69. The summed E-state index contributed by atoms with van der Waals surface area (Å²) < 4.78 is 46.9. The van der Waals surface area contributed by atoms with E-state index in [1.165, 1.54) is 33.3 Å². The smallest absolute Gasteiger partial charge is 0.309 e. The third kappa shape index (κ3) is 4.48. The van der Waals surface area contributed by atoms with Gasteiger partial charge in [-0.25, -0.2) is 12.8 Å². The number of rotatable bonds is 6. The molecule has 0 fully saturated rings. The lowest BCUT2D eigenvalue weighted by Gasteiger charge is -2.11. The number of hydrogen-bond donors (Lipinski definition) is 0. The number of ether oxygens (including phenoxy) is 2. The second-order valence-corrected chi connectivity index (χ2v) is 6.55. The molecule has 1 aromatic rings. The summed E-state index contributed by atoms with van der Waals surface area (Å²) in [6.45, 7) is 1.45. The molecule has 0 aliphatic heterocycles. The molecule has 0 amide bonds. The van der Waals surface area contributed by atoms with Gasteiger partial charge in [0.15, 0.2) is 9.84 Å². The molecule has 0 saturated heterocycles. The number of halogens is 1. The van der Waals surface area contributed by atoms with E-state index in [2.05, 4.69) is 4.74 Å². The van der Waals surface area contributed by atoms with Crippen LogP contribution in [-0.4, -0.2) is 34.4 Å². The van der Waals surface area contributed by atoms with Crippen LogP contribution in [0.3, 0.4) is 0 Å². The molecule has 1 aromatic carbocycles. The third-order valence-corrected chi connectivity index (χ3v) is 4.49. The Hall–Kier alpha value is -1.63. The average Bonchev–Trinajstić information content (AvgIpc) is 2.39. The molecular formula is C13H17FO5S. The molecule has 7 heteroatoms. The van der Waals surface area contributed by atoms with Crippen molar-refractivity contribution in [3.63, 3.8) is 0 Å². The summed E-state index contributed by atoms with van der Waals surface area (Å²) in [4.78, 5) is 11.2. The summed E-state index contributed by atoms with van der Waals surface area (Å²) in [7, 11) is -1.04. The van der Waals surface area contributed by atoms with E-state index >= 15 is 0 Å². The fraction of sp³-hybridized carbons (Fsp3) is 0.462. The Morgan fingerprint density at radius 2 is 2.00 bits per heavy atom. The van der Waals surface area contributed by atoms with Gasteiger partial charge in [-0.3, -0.25) is 4.79 Å². The minimum atomic E-state index is -3.63. The van der Waals surface area contributed by atoms with Gasteiger partial charge in [0, 0.05) is 5.56 Å². The van der Waals surface area contributed by atoms with Gasteiger partial charge in [-0.1, -0.05) is 6.92 Å². The van der Waals surface area contributed by atoms with Crippen molar-refractivity contribution in [1.82, 2.24) is 0 Å². The van der Waals surface area contributed by atoms with Gasteiger partial charge in [0.05, 0.1) is 31.6 Å². The minimum absolute atomic E-state index is 0.0152. The summed E-state index contributed by atoms with van der Waals surface area (Å²) in [6.07, 6.45) is 0. The SMILES string of the molecule is COC(=O)C(C)CS(=O)(=O)Cc1cc(OC)ccc1F. The van der Waals surface area contributed by atoms with Crippen LogP contribution in [0.25, 0.3) is 0 Å². The zero-order valence-corrected chi connectivity index (χ0v) is 12.4. The van der Waals surface area contributed by atoms with Gasteiger partial charge in [0.2, 0.25) is 0 Å². The lowest BCUT2D eigenvalue weighted by atomic mass is 10.2. The number of methoxy groups -OCH3 is 2. The van der Waals surface area contributed by atoms with E-state index < -0.39 is 39.0 Å². The monoisotopic (exact) mass is 304 g/mol. The first-order valence-corrected chi connectivity index (χ1v) is 7.72. The Labute approximate surface area is 117 Å². The van der Waals surface area contributed by atoms with E-state index in [1.807, 2.05) is 0 Å². The predicted molar refractivity (Wildman–Crippen MR) is 71.6 cm³/mol. The van der Waals surface area contributed by atoms with E-state index in [0.29, 0.717) is 5.75 Å². The Balaban J connectivity index is 2.88. The highest BCUT2D eigenvalue weighted by Gasteiger charge is 2.23. The topological polar surface area (TPSA) is 69.7 Å². The van der Waals surface area contributed by atoms with Crippen LogP contribution in [-0.2, 0) is 25.1 Å². The molecule has 0 spiro atoms. The van der Waals surface area contributed by atoms with Crippen LogP contribution in [0.2, 0.25) is 0 Å². The van der Waals surface area contributed by atoms with Gasteiger partial charge in [-0.05, 0) is 18.2 Å². The van der Waals surface area contributed by atoms with Crippen molar-refractivity contribution in [3.05, 3.63) is 29.6 Å². The van der Waals surface area contributed by atoms with Gasteiger partial charge in [-0.15, -0.1) is 0 Å². The average molecular weight is 304 g/mol. The van der Waals surface area contributed by atoms with Gasteiger partial charge in [0.1, 0.15) is 11.6 Å². The fourth-order valence-electron chi connectivity index (χ4n) is 1.73. The van der Waals surface area contributed by atoms with E-state index in [4.69, 9.17) is 4.74 Å². The molecular weight excluding hydrogens is 287 g/mol. The zero-order valence-electron chi connectivity index (χ0n) is 11.6. The molecule has 1 rings (SSSR count). The molecule has 0 heterocycles. The molecule has 0 bridgehead atoms. The summed E-state index contributed by atoms with van der Waals surface area (Å²) in [5, 5.41) is 0. The Bertz CT molecular complexity index is 582. The third-order valence-electron chi connectivity index (χ3n) is 2.74. The first-order valence-electron chi connectivity index (χ1n) is 5.89.